The lowest BCUT2D eigenvalue weighted by Gasteiger charge is -2.27. The molecular weight excluding hydrogens is 599 g/mol. The standard InChI is InChI=1S/C31H37Cl3N4O4/c1-20-12-26(32)30(27(33)13-20)42-11-10-41-29-8-5-21(17-37-29)14-22(16-35)31(39)38(25-6-7-25)19-23-15-24(4-3-9-40-2)36-18-28(23)34/h5,8,12-13,15,17-18,22,25H,3-4,6-7,9-11,14,16,19,35H2,1-2H3/t22-/m1/s1. The topological polar surface area (TPSA) is 99.8 Å². The van der Waals surface area contributed by atoms with Crippen LogP contribution in [0.3, 0.4) is 0 Å². The average Bonchev–Trinajstić information content (AvgIpc) is 3.81. The monoisotopic (exact) mass is 634 g/mol. The molecule has 0 radical (unpaired) electrons. The summed E-state index contributed by atoms with van der Waals surface area (Å²) in [6.07, 6.45) is 7.48. The van der Waals surface area contributed by atoms with Gasteiger partial charge in [0.1, 0.15) is 13.2 Å². The number of hydrogen-bond acceptors (Lipinski definition) is 7. The van der Waals surface area contributed by atoms with Crippen molar-refractivity contribution in [1.82, 2.24) is 14.9 Å². The summed E-state index contributed by atoms with van der Waals surface area (Å²) >= 11 is 19.0. The first kappa shape index (κ1) is 32.3. The summed E-state index contributed by atoms with van der Waals surface area (Å²) in [7, 11) is 1.68. The molecule has 1 amide bonds. The summed E-state index contributed by atoms with van der Waals surface area (Å²) in [5.41, 5.74) is 9.80. The van der Waals surface area contributed by atoms with Gasteiger partial charge in [0.05, 0.1) is 21.0 Å². The predicted octanol–water partition coefficient (Wildman–Crippen LogP) is 6.09. The Balaban J connectivity index is 1.32. The summed E-state index contributed by atoms with van der Waals surface area (Å²) in [6, 6.07) is 9.47. The van der Waals surface area contributed by atoms with Crippen LogP contribution in [-0.4, -0.2) is 60.3 Å². The second-order valence-electron chi connectivity index (χ2n) is 10.5. The van der Waals surface area contributed by atoms with E-state index in [4.69, 9.17) is 54.7 Å². The molecule has 2 heterocycles. The Morgan fingerprint density at radius 1 is 1.02 bits per heavy atom. The first-order chi connectivity index (χ1) is 20.3. The van der Waals surface area contributed by atoms with Gasteiger partial charge in [-0.3, -0.25) is 9.78 Å². The summed E-state index contributed by atoms with van der Waals surface area (Å²) in [5, 5.41) is 1.47. The maximum Gasteiger partial charge on any atom is 0.227 e. The predicted molar refractivity (Wildman–Crippen MR) is 166 cm³/mol. The average molecular weight is 636 g/mol. The molecule has 42 heavy (non-hydrogen) atoms. The van der Waals surface area contributed by atoms with Gasteiger partial charge in [-0.2, -0.15) is 0 Å². The Kier molecular flexibility index (Phi) is 12.1. The highest BCUT2D eigenvalue weighted by molar-refractivity contribution is 6.37. The van der Waals surface area contributed by atoms with E-state index in [0.717, 1.165) is 48.1 Å². The van der Waals surface area contributed by atoms with E-state index < -0.39 is 0 Å². The van der Waals surface area contributed by atoms with Crippen LogP contribution >= 0.6 is 34.8 Å². The van der Waals surface area contributed by atoms with Gasteiger partial charge in [0.25, 0.3) is 0 Å². The summed E-state index contributed by atoms with van der Waals surface area (Å²) in [4.78, 5) is 24.5. The minimum absolute atomic E-state index is 0.0275. The van der Waals surface area contributed by atoms with Gasteiger partial charge < -0.3 is 24.8 Å². The molecule has 226 valence electrons. The molecule has 1 aromatic carbocycles. The Labute approximate surface area is 262 Å². The van der Waals surface area contributed by atoms with Gasteiger partial charge >= 0.3 is 0 Å². The third kappa shape index (κ3) is 9.19. The number of ether oxygens (including phenoxy) is 3. The number of amides is 1. The van der Waals surface area contributed by atoms with E-state index in [1.165, 1.54) is 0 Å². The number of halogens is 3. The van der Waals surface area contributed by atoms with E-state index in [2.05, 4.69) is 9.97 Å². The maximum atomic E-state index is 13.7. The molecule has 3 aromatic rings. The molecule has 0 spiro atoms. The van der Waals surface area contributed by atoms with E-state index in [1.54, 1.807) is 37.7 Å². The highest BCUT2D eigenvalue weighted by Gasteiger charge is 2.36. The highest BCUT2D eigenvalue weighted by Crippen LogP contribution is 2.34. The van der Waals surface area contributed by atoms with E-state index >= 15 is 0 Å². The third-order valence-corrected chi connectivity index (χ3v) is 7.92. The van der Waals surface area contributed by atoms with Gasteiger partial charge in [-0.15, -0.1) is 0 Å². The van der Waals surface area contributed by atoms with Crippen molar-refractivity contribution in [3.8, 4) is 11.6 Å². The van der Waals surface area contributed by atoms with E-state index in [0.29, 0.717) is 46.3 Å². The maximum absolute atomic E-state index is 13.7. The first-order valence-corrected chi connectivity index (χ1v) is 15.2. The number of pyridine rings is 2. The molecule has 0 bridgehead atoms. The second kappa shape index (κ2) is 15.7. The lowest BCUT2D eigenvalue weighted by atomic mass is 9.98. The molecule has 1 fully saturated rings. The Hall–Kier alpha value is -2.62. The van der Waals surface area contributed by atoms with Crippen LogP contribution in [0.5, 0.6) is 11.6 Å². The van der Waals surface area contributed by atoms with Crippen LogP contribution in [0.1, 0.15) is 41.6 Å². The van der Waals surface area contributed by atoms with Crippen molar-refractivity contribution >= 4 is 40.7 Å². The fourth-order valence-electron chi connectivity index (χ4n) is 4.66. The van der Waals surface area contributed by atoms with Gasteiger partial charge in [0, 0.05) is 57.0 Å². The molecule has 2 N–H and O–H groups in total. The van der Waals surface area contributed by atoms with Crippen LogP contribution in [0.25, 0.3) is 0 Å². The number of aromatic nitrogens is 2. The van der Waals surface area contributed by atoms with E-state index in [1.807, 2.05) is 24.0 Å². The lowest BCUT2D eigenvalue weighted by Crippen LogP contribution is -2.41. The van der Waals surface area contributed by atoms with Crippen LogP contribution in [-0.2, 0) is 28.9 Å². The highest BCUT2D eigenvalue weighted by atomic mass is 35.5. The number of nitrogens with two attached hydrogens (primary N) is 1. The molecule has 1 saturated carbocycles. The number of nitrogens with zero attached hydrogens (tertiary/aromatic N) is 3. The molecule has 1 aliphatic rings. The fourth-order valence-corrected chi connectivity index (χ4v) is 5.53. The summed E-state index contributed by atoms with van der Waals surface area (Å²) in [5.74, 6) is 0.535. The lowest BCUT2D eigenvalue weighted by molar-refractivity contribution is -0.136. The van der Waals surface area contributed by atoms with Crippen LogP contribution < -0.4 is 15.2 Å². The van der Waals surface area contributed by atoms with Crippen molar-refractivity contribution in [1.29, 1.82) is 0 Å². The van der Waals surface area contributed by atoms with Crippen molar-refractivity contribution in [2.24, 2.45) is 11.7 Å². The Bertz CT molecular complexity index is 1320. The molecule has 1 atom stereocenters. The zero-order valence-electron chi connectivity index (χ0n) is 24.0. The summed E-state index contributed by atoms with van der Waals surface area (Å²) in [6.45, 7) is 3.76. The van der Waals surface area contributed by atoms with Gasteiger partial charge in [0.2, 0.25) is 11.8 Å². The quantitative estimate of drug-likeness (QED) is 0.190. The number of carbonyl (C=O) groups is 1. The van der Waals surface area contributed by atoms with Crippen LogP contribution in [0.4, 0.5) is 0 Å². The fraction of sp³-hybridized carbons (Fsp3) is 0.452. The molecule has 0 aliphatic heterocycles. The van der Waals surface area contributed by atoms with Gasteiger partial charge in [0.15, 0.2) is 5.75 Å². The van der Waals surface area contributed by atoms with Crippen LogP contribution in [0.2, 0.25) is 15.1 Å². The number of carbonyl (C=O) groups excluding carboxylic acids is 1. The molecular formula is C31H37Cl3N4O4. The molecule has 11 heteroatoms. The number of rotatable bonds is 16. The smallest absolute Gasteiger partial charge is 0.227 e. The second-order valence-corrected chi connectivity index (χ2v) is 11.7. The molecule has 4 rings (SSSR count). The largest absolute Gasteiger partial charge is 0.487 e. The van der Waals surface area contributed by atoms with Gasteiger partial charge in [-0.1, -0.05) is 40.9 Å². The Morgan fingerprint density at radius 3 is 2.40 bits per heavy atom. The zero-order chi connectivity index (χ0) is 30.1. The minimum Gasteiger partial charge on any atom is -0.487 e. The number of aryl methyl sites for hydroxylation is 2. The van der Waals surface area contributed by atoms with Gasteiger partial charge in [-0.25, -0.2) is 4.98 Å². The number of benzene rings is 1. The summed E-state index contributed by atoms with van der Waals surface area (Å²) < 4.78 is 16.6. The molecule has 1 aliphatic carbocycles. The normalized spacial score (nSPS) is 13.6. The molecule has 0 saturated heterocycles. The molecule has 0 unspecified atom stereocenters. The molecule has 2 aromatic heterocycles. The molecule has 8 nitrogen and oxygen atoms in total. The van der Waals surface area contributed by atoms with Crippen molar-refractivity contribution < 1.29 is 19.0 Å². The van der Waals surface area contributed by atoms with E-state index in [-0.39, 0.29) is 37.6 Å². The number of methoxy groups -OCH3 is 1. The SMILES string of the molecule is COCCCc1cc(CN(C(=O)[C@@H](CN)Cc2ccc(OCCOc3c(Cl)cc(C)cc3Cl)nc2)C2CC2)c(Cl)cn1. The minimum atomic E-state index is -0.377. The third-order valence-electron chi connectivity index (χ3n) is 7.02. The zero-order valence-corrected chi connectivity index (χ0v) is 26.2. The van der Waals surface area contributed by atoms with Crippen LogP contribution in [0, 0.1) is 12.8 Å². The Morgan fingerprint density at radius 2 is 1.76 bits per heavy atom. The van der Waals surface area contributed by atoms with Crippen molar-refractivity contribution in [2.45, 2.75) is 51.6 Å². The number of hydrogen-bond donors (Lipinski definition) is 1. The van der Waals surface area contributed by atoms with Crippen molar-refractivity contribution in [3.05, 3.63) is 80.2 Å². The van der Waals surface area contributed by atoms with Crippen molar-refractivity contribution in [2.75, 3.05) is 33.5 Å². The van der Waals surface area contributed by atoms with E-state index in [9.17, 15) is 4.79 Å². The first-order valence-electron chi connectivity index (χ1n) is 14.1. The van der Waals surface area contributed by atoms with Crippen molar-refractivity contribution in [3.63, 3.8) is 0 Å². The van der Waals surface area contributed by atoms with Crippen LogP contribution in [0.15, 0.2) is 42.7 Å². The van der Waals surface area contributed by atoms with Gasteiger partial charge in [-0.05, 0) is 73.9 Å².